The van der Waals surface area contributed by atoms with Crippen LogP contribution >= 0.6 is 0 Å². The molecule has 6 nitrogen and oxygen atoms in total. The summed E-state index contributed by atoms with van der Waals surface area (Å²) < 4.78 is 5.21. The second kappa shape index (κ2) is 7.42. The Morgan fingerprint density at radius 3 is 2.27 bits per heavy atom. The van der Waals surface area contributed by atoms with E-state index in [1.165, 1.54) is 11.0 Å². The fourth-order valence-corrected chi connectivity index (χ4v) is 2.43. The van der Waals surface area contributed by atoms with Crippen LogP contribution in [0.25, 0.3) is 0 Å². The maximum Gasteiger partial charge on any atom is 0.326 e. The number of nitrogens with zero attached hydrogens (tertiary/aromatic N) is 2. The minimum absolute atomic E-state index is 0.0537. The Balaban J connectivity index is 2.46. The summed E-state index contributed by atoms with van der Waals surface area (Å²) in [5.74, 6) is -0.742. The number of carbonyl (C=O) groups is 3. The van der Waals surface area contributed by atoms with Crippen LogP contribution in [0.1, 0.15) is 33.6 Å². The van der Waals surface area contributed by atoms with Crippen LogP contribution < -0.4 is 0 Å². The molecule has 0 atom stereocenters. The second-order valence-electron chi connectivity index (χ2n) is 6.58. The minimum atomic E-state index is -0.558. The lowest BCUT2D eigenvalue weighted by atomic mass is 9.95. The molecule has 6 heteroatoms. The highest BCUT2D eigenvalue weighted by molar-refractivity contribution is 5.87. The molecule has 0 spiro atoms. The lowest BCUT2D eigenvalue weighted by Gasteiger charge is -2.32. The molecule has 0 saturated carbocycles. The molecule has 1 aliphatic heterocycles. The van der Waals surface area contributed by atoms with Gasteiger partial charge in [-0.2, -0.15) is 0 Å². The fraction of sp³-hybridized carbons (Fsp3) is 0.688. The highest BCUT2D eigenvalue weighted by Crippen LogP contribution is 2.19. The highest BCUT2D eigenvalue weighted by Gasteiger charge is 2.29. The first-order chi connectivity index (χ1) is 10.1. The number of amides is 2. The molecule has 0 aromatic rings. The number of likely N-dealkylation sites (N-methyl/N-ethyl adjacent to an activating group) is 1. The number of ether oxygens (including phenoxy) is 1. The first-order valence-electron chi connectivity index (χ1n) is 7.52. The van der Waals surface area contributed by atoms with E-state index in [1.54, 1.807) is 32.7 Å². The van der Waals surface area contributed by atoms with Crippen molar-refractivity contribution in [2.45, 2.75) is 39.2 Å². The molecule has 2 amide bonds. The summed E-state index contributed by atoms with van der Waals surface area (Å²) in [5.41, 5.74) is -0.558. The Morgan fingerprint density at radius 2 is 1.82 bits per heavy atom. The number of hydrogen-bond donors (Lipinski definition) is 0. The van der Waals surface area contributed by atoms with Crippen LogP contribution in [0, 0.1) is 5.92 Å². The zero-order chi connectivity index (χ0) is 16.9. The molecular formula is C16H26N2O4. The molecule has 22 heavy (non-hydrogen) atoms. The summed E-state index contributed by atoms with van der Waals surface area (Å²) in [7, 11) is 1.60. The van der Waals surface area contributed by atoms with Crippen LogP contribution in [0.2, 0.25) is 0 Å². The van der Waals surface area contributed by atoms with Gasteiger partial charge in [0.2, 0.25) is 11.8 Å². The topological polar surface area (TPSA) is 66.9 Å². The normalized spacial score (nSPS) is 16.1. The molecule has 1 rings (SSSR count). The summed E-state index contributed by atoms with van der Waals surface area (Å²) >= 11 is 0. The summed E-state index contributed by atoms with van der Waals surface area (Å²) in [4.78, 5) is 38.7. The summed E-state index contributed by atoms with van der Waals surface area (Å²) in [5, 5.41) is 0. The van der Waals surface area contributed by atoms with Crippen LogP contribution in [0.4, 0.5) is 0 Å². The SMILES string of the molecule is C=CC(=O)N1CCC(C(=O)N(C)CC(=O)OC(C)(C)C)CC1. The third kappa shape index (κ3) is 5.50. The monoisotopic (exact) mass is 310 g/mol. The van der Waals surface area contributed by atoms with Crippen LogP contribution in [0.3, 0.4) is 0 Å². The average molecular weight is 310 g/mol. The van der Waals surface area contributed by atoms with Crippen LogP contribution in [-0.4, -0.2) is 59.9 Å². The van der Waals surface area contributed by atoms with E-state index in [4.69, 9.17) is 4.74 Å². The van der Waals surface area contributed by atoms with Crippen molar-refractivity contribution in [1.82, 2.24) is 9.80 Å². The van der Waals surface area contributed by atoms with E-state index in [2.05, 4.69) is 6.58 Å². The van der Waals surface area contributed by atoms with Crippen LogP contribution in [0.5, 0.6) is 0 Å². The Bertz CT molecular complexity index is 446. The van der Waals surface area contributed by atoms with Gasteiger partial charge < -0.3 is 14.5 Å². The van der Waals surface area contributed by atoms with Gasteiger partial charge in [-0.05, 0) is 39.7 Å². The lowest BCUT2D eigenvalue weighted by molar-refractivity contribution is -0.159. The molecular weight excluding hydrogens is 284 g/mol. The van der Waals surface area contributed by atoms with Gasteiger partial charge in [0, 0.05) is 26.1 Å². The number of rotatable bonds is 4. The summed E-state index contributed by atoms with van der Waals surface area (Å²) in [6.45, 7) is 9.87. The molecule has 0 bridgehead atoms. The van der Waals surface area contributed by atoms with Crippen molar-refractivity contribution in [3.63, 3.8) is 0 Å². The molecule has 0 unspecified atom stereocenters. The number of likely N-dealkylation sites (tertiary alicyclic amines) is 1. The number of carbonyl (C=O) groups excluding carboxylic acids is 3. The molecule has 0 N–H and O–H groups in total. The third-order valence-electron chi connectivity index (χ3n) is 3.49. The largest absolute Gasteiger partial charge is 0.459 e. The molecule has 1 fully saturated rings. The van der Waals surface area contributed by atoms with Crippen molar-refractivity contribution in [2.24, 2.45) is 5.92 Å². The predicted molar refractivity (Wildman–Crippen MR) is 83.0 cm³/mol. The van der Waals surface area contributed by atoms with E-state index in [9.17, 15) is 14.4 Å². The predicted octanol–water partition coefficient (Wildman–Crippen LogP) is 1.21. The maximum absolute atomic E-state index is 12.3. The summed E-state index contributed by atoms with van der Waals surface area (Å²) in [6.07, 6.45) is 2.50. The van der Waals surface area contributed by atoms with Crippen molar-refractivity contribution in [3.8, 4) is 0 Å². The van der Waals surface area contributed by atoms with E-state index in [-0.39, 0.29) is 24.3 Å². The van der Waals surface area contributed by atoms with Crippen LogP contribution in [-0.2, 0) is 19.1 Å². The quantitative estimate of drug-likeness (QED) is 0.578. The number of hydrogen-bond acceptors (Lipinski definition) is 4. The van der Waals surface area contributed by atoms with Gasteiger partial charge in [-0.25, -0.2) is 0 Å². The third-order valence-corrected chi connectivity index (χ3v) is 3.49. The van der Waals surface area contributed by atoms with Crippen molar-refractivity contribution in [1.29, 1.82) is 0 Å². The van der Waals surface area contributed by atoms with Gasteiger partial charge in [-0.15, -0.1) is 0 Å². The van der Waals surface area contributed by atoms with Crippen LogP contribution in [0.15, 0.2) is 12.7 Å². The van der Waals surface area contributed by atoms with E-state index in [0.717, 1.165) is 0 Å². The molecule has 1 heterocycles. The zero-order valence-electron chi connectivity index (χ0n) is 13.9. The summed E-state index contributed by atoms with van der Waals surface area (Å²) in [6, 6.07) is 0. The van der Waals surface area contributed by atoms with Crippen molar-refractivity contribution >= 4 is 17.8 Å². The standard InChI is InChI=1S/C16H26N2O4/c1-6-13(19)18-9-7-12(8-10-18)15(21)17(5)11-14(20)22-16(2,3)4/h6,12H,1,7-11H2,2-5H3. The maximum atomic E-state index is 12.3. The first kappa shape index (κ1) is 18.2. The van der Waals surface area contributed by atoms with Crippen molar-refractivity contribution < 1.29 is 19.1 Å². The van der Waals surface area contributed by atoms with E-state index >= 15 is 0 Å². The Morgan fingerprint density at radius 1 is 1.27 bits per heavy atom. The zero-order valence-corrected chi connectivity index (χ0v) is 13.9. The fourth-order valence-electron chi connectivity index (χ4n) is 2.43. The van der Waals surface area contributed by atoms with E-state index in [1.807, 2.05) is 0 Å². The Labute approximate surface area is 132 Å². The highest BCUT2D eigenvalue weighted by atomic mass is 16.6. The molecule has 124 valence electrons. The van der Waals surface area contributed by atoms with E-state index < -0.39 is 11.6 Å². The molecule has 0 aliphatic carbocycles. The van der Waals surface area contributed by atoms with Gasteiger partial charge in [-0.1, -0.05) is 6.58 Å². The smallest absolute Gasteiger partial charge is 0.326 e. The van der Waals surface area contributed by atoms with Gasteiger partial charge >= 0.3 is 5.97 Å². The lowest BCUT2D eigenvalue weighted by Crippen LogP contribution is -2.44. The Hall–Kier alpha value is -1.85. The van der Waals surface area contributed by atoms with Gasteiger partial charge in [0.05, 0.1) is 0 Å². The van der Waals surface area contributed by atoms with Gasteiger partial charge in [0.1, 0.15) is 12.1 Å². The molecule has 1 aliphatic rings. The van der Waals surface area contributed by atoms with E-state index in [0.29, 0.717) is 25.9 Å². The van der Waals surface area contributed by atoms with Crippen molar-refractivity contribution in [3.05, 3.63) is 12.7 Å². The van der Waals surface area contributed by atoms with Gasteiger partial charge in [0.15, 0.2) is 0 Å². The molecule has 0 aromatic heterocycles. The molecule has 0 radical (unpaired) electrons. The molecule has 0 aromatic carbocycles. The number of piperidine rings is 1. The number of esters is 1. The van der Waals surface area contributed by atoms with Crippen molar-refractivity contribution in [2.75, 3.05) is 26.7 Å². The minimum Gasteiger partial charge on any atom is -0.459 e. The second-order valence-corrected chi connectivity index (χ2v) is 6.58. The average Bonchev–Trinajstić information content (AvgIpc) is 2.43. The van der Waals surface area contributed by atoms with Gasteiger partial charge in [-0.3, -0.25) is 14.4 Å². The van der Waals surface area contributed by atoms with Gasteiger partial charge in [0.25, 0.3) is 0 Å². The first-order valence-corrected chi connectivity index (χ1v) is 7.52. The molecule has 1 saturated heterocycles. The Kier molecular flexibility index (Phi) is 6.14.